The highest BCUT2D eigenvalue weighted by molar-refractivity contribution is 7.90. The molecule has 0 saturated carbocycles. The number of aryl methyl sites for hydroxylation is 1. The Morgan fingerprint density at radius 3 is 2.47 bits per heavy atom. The second kappa shape index (κ2) is 5.66. The van der Waals surface area contributed by atoms with E-state index in [0.29, 0.717) is 5.56 Å². The van der Waals surface area contributed by atoms with Crippen LogP contribution in [0.1, 0.15) is 11.1 Å². The average molecular weight is 303 g/mol. The predicted octanol–water partition coefficient (Wildman–Crippen LogP) is -0.566. The number of nitrogens with zero attached hydrogens (tertiary/aromatic N) is 1. The minimum absolute atomic E-state index is 0.0547. The Hall–Kier alpha value is -1.47. The average Bonchev–Trinajstić information content (AvgIpc) is 2.27. The van der Waals surface area contributed by atoms with Crippen LogP contribution in [0.25, 0.3) is 0 Å². The normalized spacial score (nSPS) is 12.1. The first-order valence-corrected chi connectivity index (χ1v) is 8.36. The van der Waals surface area contributed by atoms with E-state index in [0.717, 1.165) is 0 Å². The summed E-state index contributed by atoms with van der Waals surface area (Å²) in [5.41, 5.74) is 0.666. The summed E-state index contributed by atoms with van der Waals surface area (Å²) in [6, 6.07) is 6.08. The van der Waals surface area contributed by atoms with Gasteiger partial charge < -0.3 is 0 Å². The van der Waals surface area contributed by atoms with Gasteiger partial charge in [-0.3, -0.25) is 0 Å². The van der Waals surface area contributed by atoms with Gasteiger partial charge in [-0.15, -0.1) is 0 Å². The Balaban J connectivity index is 2.98. The fraction of sp³-hybridized carbons (Fsp3) is 0.300. The molecule has 0 fully saturated rings. The standard InChI is InChI=1S/C10H13N3O4S2/c1-8-2-3-9(7-11)6-10(8)19(16,17)13-4-5-18(12,14)15/h2-3,6,13H,4-5H2,1H3,(H2,12,14,15). The molecule has 0 atom stereocenters. The number of nitriles is 1. The summed E-state index contributed by atoms with van der Waals surface area (Å²) in [6.07, 6.45) is 0. The minimum Gasteiger partial charge on any atom is -0.229 e. The molecule has 1 aromatic carbocycles. The summed E-state index contributed by atoms with van der Waals surface area (Å²) in [5, 5.41) is 13.5. The van der Waals surface area contributed by atoms with Crippen LogP contribution in [0.15, 0.2) is 23.1 Å². The van der Waals surface area contributed by atoms with Crippen molar-refractivity contribution in [3.63, 3.8) is 0 Å². The van der Waals surface area contributed by atoms with Gasteiger partial charge in [0.25, 0.3) is 0 Å². The number of nitrogens with two attached hydrogens (primary N) is 1. The maximum Gasteiger partial charge on any atom is 0.240 e. The van der Waals surface area contributed by atoms with Gasteiger partial charge in [-0.25, -0.2) is 26.7 Å². The van der Waals surface area contributed by atoms with Crippen molar-refractivity contribution in [2.24, 2.45) is 5.14 Å². The summed E-state index contributed by atoms with van der Waals surface area (Å²) in [5.74, 6) is -0.497. The van der Waals surface area contributed by atoms with Crippen LogP contribution >= 0.6 is 0 Å². The third kappa shape index (κ3) is 4.60. The van der Waals surface area contributed by atoms with Crippen LogP contribution in [-0.4, -0.2) is 29.1 Å². The summed E-state index contributed by atoms with van der Waals surface area (Å²) < 4.78 is 47.5. The Labute approximate surface area is 112 Å². The van der Waals surface area contributed by atoms with E-state index in [9.17, 15) is 16.8 Å². The van der Waals surface area contributed by atoms with E-state index in [-0.39, 0.29) is 17.0 Å². The zero-order valence-corrected chi connectivity index (χ0v) is 11.8. The van der Waals surface area contributed by atoms with Crippen LogP contribution in [0.3, 0.4) is 0 Å². The lowest BCUT2D eigenvalue weighted by molar-refractivity contribution is 0.581. The Kier molecular flexibility index (Phi) is 4.65. The Morgan fingerprint density at radius 1 is 1.32 bits per heavy atom. The zero-order chi connectivity index (χ0) is 14.7. The number of sulfonamides is 2. The van der Waals surface area contributed by atoms with Gasteiger partial charge >= 0.3 is 0 Å². The molecule has 19 heavy (non-hydrogen) atoms. The molecular formula is C10H13N3O4S2. The van der Waals surface area contributed by atoms with Gasteiger partial charge in [-0.2, -0.15) is 5.26 Å². The van der Waals surface area contributed by atoms with Gasteiger partial charge in [0.05, 0.1) is 22.3 Å². The van der Waals surface area contributed by atoms with Gasteiger partial charge in [0.15, 0.2) is 0 Å². The fourth-order valence-corrected chi connectivity index (χ4v) is 3.17. The number of rotatable bonds is 5. The molecule has 0 heterocycles. The van der Waals surface area contributed by atoms with E-state index < -0.39 is 25.8 Å². The van der Waals surface area contributed by atoms with Crippen LogP contribution in [0, 0.1) is 18.3 Å². The molecule has 1 rings (SSSR count). The molecule has 0 aromatic heterocycles. The summed E-state index contributed by atoms with van der Waals surface area (Å²) in [4.78, 5) is -0.0547. The molecule has 0 aliphatic rings. The van der Waals surface area contributed by atoms with E-state index in [1.165, 1.54) is 18.2 Å². The van der Waals surface area contributed by atoms with Crippen molar-refractivity contribution in [3.8, 4) is 6.07 Å². The van der Waals surface area contributed by atoms with Gasteiger partial charge in [0.2, 0.25) is 20.0 Å². The highest BCUT2D eigenvalue weighted by Crippen LogP contribution is 2.16. The quantitative estimate of drug-likeness (QED) is 0.752. The second-order valence-electron chi connectivity index (χ2n) is 3.86. The van der Waals surface area contributed by atoms with Crippen molar-refractivity contribution in [2.75, 3.05) is 12.3 Å². The highest BCUT2D eigenvalue weighted by Gasteiger charge is 2.17. The molecule has 0 saturated heterocycles. The lowest BCUT2D eigenvalue weighted by atomic mass is 10.2. The van der Waals surface area contributed by atoms with Crippen molar-refractivity contribution in [1.29, 1.82) is 5.26 Å². The topological polar surface area (TPSA) is 130 Å². The van der Waals surface area contributed by atoms with Crippen LogP contribution in [0.2, 0.25) is 0 Å². The molecule has 7 nitrogen and oxygen atoms in total. The van der Waals surface area contributed by atoms with Crippen molar-refractivity contribution in [3.05, 3.63) is 29.3 Å². The van der Waals surface area contributed by atoms with Crippen LogP contribution in [0.5, 0.6) is 0 Å². The SMILES string of the molecule is Cc1ccc(C#N)cc1S(=O)(=O)NCCS(N)(=O)=O. The monoisotopic (exact) mass is 303 g/mol. The summed E-state index contributed by atoms with van der Waals surface area (Å²) in [7, 11) is -7.60. The molecule has 0 aliphatic carbocycles. The summed E-state index contributed by atoms with van der Waals surface area (Å²) in [6.45, 7) is 1.26. The molecule has 0 bridgehead atoms. The minimum atomic E-state index is -3.87. The van der Waals surface area contributed by atoms with Crippen molar-refractivity contribution < 1.29 is 16.8 Å². The molecule has 3 N–H and O–H groups in total. The molecule has 9 heteroatoms. The third-order valence-electron chi connectivity index (χ3n) is 2.29. The van der Waals surface area contributed by atoms with E-state index in [4.69, 9.17) is 10.4 Å². The second-order valence-corrected chi connectivity index (χ2v) is 7.33. The Bertz CT molecular complexity index is 718. The number of nitrogens with one attached hydrogen (secondary N) is 1. The van der Waals surface area contributed by atoms with Gasteiger partial charge in [-0.05, 0) is 24.6 Å². The Morgan fingerprint density at radius 2 is 1.95 bits per heavy atom. The molecule has 0 aliphatic heterocycles. The number of hydrogen-bond donors (Lipinski definition) is 2. The number of primary sulfonamides is 1. The van der Waals surface area contributed by atoms with Crippen LogP contribution in [-0.2, 0) is 20.0 Å². The highest BCUT2D eigenvalue weighted by atomic mass is 32.2. The molecule has 104 valence electrons. The van der Waals surface area contributed by atoms with E-state index >= 15 is 0 Å². The lowest BCUT2D eigenvalue weighted by Crippen LogP contribution is -2.31. The maximum atomic E-state index is 12.0. The molecule has 0 unspecified atom stereocenters. The lowest BCUT2D eigenvalue weighted by Gasteiger charge is -2.09. The molecule has 0 spiro atoms. The van der Waals surface area contributed by atoms with E-state index in [1.54, 1.807) is 6.92 Å². The van der Waals surface area contributed by atoms with Crippen LogP contribution in [0.4, 0.5) is 0 Å². The first kappa shape index (κ1) is 15.6. The fourth-order valence-electron chi connectivity index (χ4n) is 1.36. The first-order valence-electron chi connectivity index (χ1n) is 5.16. The van der Waals surface area contributed by atoms with Crippen molar-refractivity contribution in [1.82, 2.24) is 4.72 Å². The van der Waals surface area contributed by atoms with E-state index in [1.807, 2.05) is 6.07 Å². The van der Waals surface area contributed by atoms with Crippen molar-refractivity contribution >= 4 is 20.0 Å². The van der Waals surface area contributed by atoms with Gasteiger partial charge in [0.1, 0.15) is 0 Å². The third-order valence-corrected chi connectivity index (χ3v) is 4.66. The predicted molar refractivity (Wildman–Crippen MR) is 69.1 cm³/mol. The first-order chi connectivity index (χ1) is 8.65. The maximum absolute atomic E-state index is 12.0. The smallest absolute Gasteiger partial charge is 0.229 e. The molecule has 1 aromatic rings. The van der Waals surface area contributed by atoms with Crippen LogP contribution < -0.4 is 9.86 Å². The van der Waals surface area contributed by atoms with Gasteiger partial charge in [-0.1, -0.05) is 6.07 Å². The van der Waals surface area contributed by atoms with E-state index in [2.05, 4.69) is 4.72 Å². The number of benzene rings is 1. The molecular weight excluding hydrogens is 290 g/mol. The summed E-state index contributed by atoms with van der Waals surface area (Å²) >= 11 is 0. The molecule has 0 amide bonds. The zero-order valence-electron chi connectivity index (χ0n) is 10.1. The van der Waals surface area contributed by atoms with Crippen molar-refractivity contribution in [2.45, 2.75) is 11.8 Å². The number of hydrogen-bond acceptors (Lipinski definition) is 5. The molecule has 0 radical (unpaired) electrons. The van der Waals surface area contributed by atoms with Gasteiger partial charge in [0, 0.05) is 6.54 Å². The largest absolute Gasteiger partial charge is 0.240 e.